The van der Waals surface area contributed by atoms with Crippen LogP contribution in [0.3, 0.4) is 0 Å². The third-order valence-corrected chi connectivity index (χ3v) is 18.9. The number of anilines is 3. The van der Waals surface area contributed by atoms with E-state index in [2.05, 4.69) is 179 Å². The molecular weight excluding hydrogens is 820 g/mol. The molecule has 2 nitrogen and oxygen atoms in total. The molecule has 0 aromatic heterocycles. The summed E-state index contributed by atoms with van der Waals surface area (Å²) in [5.74, 6) is 0. The van der Waals surface area contributed by atoms with Crippen molar-refractivity contribution in [2.24, 2.45) is 0 Å². The summed E-state index contributed by atoms with van der Waals surface area (Å²) >= 11 is 0. The third-order valence-electron chi connectivity index (χ3n) is 18.9. The van der Waals surface area contributed by atoms with Gasteiger partial charge in [0.1, 0.15) is 7.85 Å². The molecule has 6 aromatic rings. The van der Waals surface area contributed by atoms with Crippen molar-refractivity contribution < 1.29 is 0 Å². The van der Waals surface area contributed by atoms with Gasteiger partial charge in [-0.05, 0) is 181 Å². The van der Waals surface area contributed by atoms with Crippen molar-refractivity contribution in [1.29, 1.82) is 0 Å². The van der Waals surface area contributed by atoms with Gasteiger partial charge in [0.2, 0.25) is 0 Å². The molecule has 12 rings (SSSR count). The number of allylic oxidation sites excluding steroid dienone is 1. The molecule has 5 aliphatic carbocycles. The summed E-state index contributed by atoms with van der Waals surface area (Å²) in [6, 6.07) is 36.1. The number of rotatable bonds is 2. The van der Waals surface area contributed by atoms with Crippen LogP contribution in [0.15, 0.2) is 91.0 Å². The van der Waals surface area contributed by atoms with E-state index in [-0.39, 0.29) is 27.1 Å². The molecule has 0 saturated carbocycles. The lowest BCUT2D eigenvalue weighted by Crippen LogP contribution is -2.34. The van der Waals surface area contributed by atoms with Gasteiger partial charge < -0.3 is 10.6 Å². The van der Waals surface area contributed by atoms with Gasteiger partial charge in [0.05, 0.1) is 5.70 Å². The Morgan fingerprint density at radius 3 is 1.82 bits per heavy atom. The van der Waals surface area contributed by atoms with E-state index >= 15 is 0 Å². The molecule has 1 aliphatic heterocycles. The lowest BCUT2D eigenvalue weighted by molar-refractivity contribution is 0.332. The van der Waals surface area contributed by atoms with Gasteiger partial charge in [-0.3, -0.25) is 0 Å². The van der Waals surface area contributed by atoms with Crippen LogP contribution in [0.5, 0.6) is 0 Å². The average molecular weight is 891 g/mol. The minimum atomic E-state index is -0.403. The van der Waals surface area contributed by atoms with E-state index in [1.165, 1.54) is 138 Å². The normalized spacial score (nSPS) is 21.1. The number of nitrogens with two attached hydrogens (primary N) is 1. The topological polar surface area (TPSA) is 29.3 Å². The molecule has 0 amide bonds. The second-order valence-electron chi connectivity index (χ2n) is 25.6. The van der Waals surface area contributed by atoms with Crippen molar-refractivity contribution in [2.75, 3.05) is 10.6 Å². The number of fused-ring (bicyclic) bond motifs is 14. The maximum atomic E-state index is 8.13. The van der Waals surface area contributed by atoms with E-state index in [1.807, 2.05) is 0 Å². The van der Waals surface area contributed by atoms with E-state index in [0.717, 1.165) is 48.1 Å². The fourth-order valence-electron chi connectivity index (χ4n) is 14.7. The van der Waals surface area contributed by atoms with Gasteiger partial charge in [-0.1, -0.05) is 162 Å². The Kier molecular flexibility index (Phi) is 9.16. The van der Waals surface area contributed by atoms with Crippen LogP contribution < -0.4 is 16.1 Å². The minimum absolute atomic E-state index is 0.00321. The molecule has 6 aromatic carbocycles. The Morgan fingerprint density at radius 1 is 0.456 bits per heavy atom. The number of aryl methyl sites for hydroxylation is 1. The number of nitrogen functional groups attached to an aromatic ring is 1. The summed E-state index contributed by atoms with van der Waals surface area (Å²) in [6.07, 6.45) is 10.4. The summed E-state index contributed by atoms with van der Waals surface area (Å²) in [4.78, 5) is 2.71. The summed E-state index contributed by atoms with van der Waals surface area (Å²) in [7, 11) is 8.13. The third kappa shape index (κ3) is 5.89. The highest BCUT2D eigenvalue weighted by Gasteiger charge is 2.50. The quantitative estimate of drug-likeness (QED) is 0.107. The highest BCUT2D eigenvalue weighted by Crippen LogP contribution is 2.64. The van der Waals surface area contributed by atoms with Crippen molar-refractivity contribution in [3.05, 3.63) is 152 Å². The van der Waals surface area contributed by atoms with E-state index in [1.54, 1.807) is 0 Å². The maximum absolute atomic E-state index is 8.13. The highest BCUT2D eigenvalue weighted by atomic mass is 15.2. The SMILES string of the molecule is [B]c1c2cc3c(c1N(c1ccc4c(c1)C(C)(C)CCC4(C)C)C1=C(c4c-2cccc4-c2c(N)ccc4c2CCCC4)C(C)(C)c2cc4c(cc21)C(C)(C)CCCC4(C)C)-c1ccccc1C3(C)C. The van der Waals surface area contributed by atoms with Crippen molar-refractivity contribution in [3.8, 4) is 33.4 Å². The summed E-state index contributed by atoms with van der Waals surface area (Å²) in [6.45, 7) is 29.7. The van der Waals surface area contributed by atoms with Crippen molar-refractivity contribution in [1.82, 2.24) is 0 Å². The number of benzene rings is 6. The molecule has 0 unspecified atom stereocenters. The molecule has 68 heavy (non-hydrogen) atoms. The first-order chi connectivity index (χ1) is 32.1. The summed E-state index contributed by atoms with van der Waals surface area (Å²) in [5.41, 5.74) is 36.3. The number of nitrogens with zero attached hydrogens (tertiary/aromatic N) is 1. The first kappa shape index (κ1) is 44.0. The molecule has 2 N–H and O–H groups in total. The second-order valence-corrected chi connectivity index (χ2v) is 25.6. The van der Waals surface area contributed by atoms with Gasteiger partial charge in [-0.15, -0.1) is 0 Å². The van der Waals surface area contributed by atoms with Gasteiger partial charge in [0, 0.05) is 44.6 Å². The van der Waals surface area contributed by atoms with Gasteiger partial charge in [-0.2, -0.15) is 0 Å². The lowest BCUT2D eigenvalue weighted by Gasteiger charge is -2.43. The van der Waals surface area contributed by atoms with Crippen LogP contribution in [-0.2, 0) is 45.3 Å². The molecule has 0 saturated heterocycles. The van der Waals surface area contributed by atoms with Gasteiger partial charge in [-0.25, -0.2) is 0 Å². The Morgan fingerprint density at radius 2 is 1.07 bits per heavy atom. The van der Waals surface area contributed by atoms with Crippen LogP contribution in [0.25, 0.3) is 44.7 Å². The molecule has 2 bridgehead atoms. The van der Waals surface area contributed by atoms with E-state index < -0.39 is 5.41 Å². The second kappa shape index (κ2) is 14.2. The largest absolute Gasteiger partial charge is 0.398 e. The lowest BCUT2D eigenvalue weighted by atomic mass is 9.63. The van der Waals surface area contributed by atoms with Crippen LogP contribution in [0.1, 0.15) is 189 Å². The summed E-state index contributed by atoms with van der Waals surface area (Å²) in [5, 5.41) is 0. The zero-order chi connectivity index (χ0) is 47.8. The zero-order valence-corrected chi connectivity index (χ0v) is 43.1. The predicted molar refractivity (Wildman–Crippen MR) is 291 cm³/mol. The van der Waals surface area contributed by atoms with E-state index in [4.69, 9.17) is 13.6 Å². The molecule has 0 atom stereocenters. The Hall–Kier alpha value is -5.28. The molecule has 344 valence electrons. The molecule has 2 radical (unpaired) electrons. The molecule has 0 spiro atoms. The minimum Gasteiger partial charge on any atom is -0.398 e. The Bertz CT molecular complexity index is 3240. The number of hydrogen-bond acceptors (Lipinski definition) is 2. The average Bonchev–Trinajstić information content (AvgIpc) is 3.62. The van der Waals surface area contributed by atoms with Crippen LogP contribution in [0.4, 0.5) is 17.1 Å². The molecule has 0 fully saturated rings. The monoisotopic (exact) mass is 891 g/mol. The molecule has 1 heterocycles. The van der Waals surface area contributed by atoms with Gasteiger partial charge in [0.25, 0.3) is 0 Å². The van der Waals surface area contributed by atoms with Crippen LogP contribution in [0, 0.1) is 0 Å². The molecule has 6 aliphatic rings. The first-order valence-electron chi connectivity index (χ1n) is 26.1. The van der Waals surface area contributed by atoms with Crippen LogP contribution in [-0.4, -0.2) is 7.85 Å². The fourth-order valence-corrected chi connectivity index (χ4v) is 14.7. The standard InChI is InChI=1S/C65H71BN2/c1-60(2)29-18-30-61(3,4)50-36-47-44(35-49(50)60)58-56(65(47,11)12)54-40(22-17-23-42(54)53-39-20-14-13-19-37(39)25-28-52(53)67)43-34-51-55(41-21-15-16-24-45(41)64(51,9)10)59(57(43)66)68(58)38-26-27-46-48(33-38)63(7,8)32-31-62(46,5)6/h15-17,21-28,33-36H,13-14,18-20,29-32,67H2,1-12H3. The Balaban J connectivity index is 1.31. The predicted octanol–water partition coefficient (Wildman–Crippen LogP) is 16.0. The summed E-state index contributed by atoms with van der Waals surface area (Å²) < 4.78 is 0. The fraction of sp³-hybridized carbons (Fsp3) is 0.415. The maximum Gasteiger partial charge on any atom is 0.117 e. The molecular formula is C65H71BN2. The van der Waals surface area contributed by atoms with Gasteiger partial charge in [0.15, 0.2) is 0 Å². The van der Waals surface area contributed by atoms with Gasteiger partial charge >= 0.3 is 0 Å². The van der Waals surface area contributed by atoms with E-state index in [0.29, 0.717) is 0 Å². The Labute approximate surface area is 409 Å². The highest BCUT2D eigenvalue weighted by molar-refractivity contribution is 6.42. The van der Waals surface area contributed by atoms with Crippen molar-refractivity contribution >= 4 is 41.6 Å². The first-order valence-corrected chi connectivity index (χ1v) is 26.1. The van der Waals surface area contributed by atoms with Crippen molar-refractivity contribution in [2.45, 2.75) is 173 Å². The van der Waals surface area contributed by atoms with E-state index in [9.17, 15) is 0 Å². The van der Waals surface area contributed by atoms with Crippen LogP contribution in [0.2, 0.25) is 0 Å². The van der Waals surface area contributed by atoms with Crippen molar-refractivity contribution in [3.63, 3.8) is 0 Å². The smallest absolute Gasteiger partial charge is 0.117 e. The van der Waals surface area contributed by atoms with Crippen LogP contribution >= 0.6 is 0 Å². The number of hydrogen-bond donors (Lipinski definition) is 1. The zero-order valence-electron chi connectivity index (χ0n) is 43.1. The molecule has 3 heteroatoms.